The van der Waals surface area contributed by atoms with Crippen LogP contribution >= 0.6 is 0 Å². The molecule has 10 nitrogen and oxygen atoms in total. The number of anilines is 1. The number of aromatic carboxylic acids is 1. The van der Waals surface area contributed by atoms with Gasteiger partial charge in [0.2, 0.25) is 0 Å². The molecule has 2 aromatic heterocycles. The monoisotopic (exact) mass is 370 g/mol. The molecule has 0 aliphatic carbocycles. The Morgan fingerprint density at radius 3 is 2.89 bits per heavy atom. The molecule has 140 valence electrons. The summed E-state index contributed by atoms with van der Waals surface area (Å²) < 4.78 is 1.81. The molecule has 0 atom stereocenters. The summed E-state index contributed by atoms with van der Waals surface area (Å²) in [5.41, 5.74) is 2.44. The first-order valence-corrected chi connectivity index (χ1v) is 8.49. The third-order valence-corrected chi connectivity index (χ3v) is 4.53. The predicted molar refractivity (Wildman–Crippen MR) is 95.2 cm³/mol. The lowest BCUT2D eigenvalue weighted by Gasteiger charge is -2.20. The summed E-state index contributed by atoms with van der Waals surface area (Å²) in [6, 6.07) is 6.47. The highest BCUT2D eigenvalue weighted by Crippen LogP contribution is 2.22. The van der Waals surface area contributed by atoms with Gasteiger partial charge >= 0.3 is 12.0 Å². The Morgan fingerprint density at radius 1 is 1.26 bits per heavy atom. The highest BCUT2D eigenvalue weighted by atomic mass is 16.4. The maximum Gasteiger partial charge on any atom is 0.357 e. The predicted octanol–water partition coefficient (Wildman–Crippen LogP) is 1.39. The number of H-pyrrole nitrogens is 1. The number of carboxylic acids is 1. The number of rotatable bonds is 3. The summed E-state index contributed by atoms with van der Waals surface area (Å²) in [5, 5.41) is 32.4. The second-order valence-electron chi connectivity index (χ2n) is 6.35. The number of fused-ring (bicyclic) bond motifs is 2. The number of aromatic amines is 1. The molecule has 0 saturated heterocycles. The Balaban J connectivity index is 1.54. The van der Waals surface area contributed by atoms with Crippen molar-refractivity contribution in [3.8, 4) is 0 Å². The molecule has 0 spiro atoms. The van der Waals surface area contributed by atoms with Gasteiger partial charge in [-0.2, -0.15) is 10.2 Å². The van der Waals surface area contributed by atoms with Crippen molar-refractivity contribution in [2.24, 2.45) is 0 Å². The number of aliphatic hydroxyl groups excluding tert-OH is 1. The van der Waals surface area contributed by atoms with Crippen LogP contribution in [0, 0.1) is 0 Å². The lowest BCUT2D eigenvalue weighted by atomic mass is 10.2. The van der Waals surface area contributed by atoms with E-state index in [4.69, 9.17) is 0 Å². The molecule has 1 aliphatic rings. The number of aliphatic hydroxyl groups is 1. The van der Waals surface area contributed by atoms with E-state index in [1.807, 2.05) is 4.68 Å². The SMILES string of the molecule is O=C(O)c1n[nH]c2ccc(NC(=O)N3CCCn4nc(CO)cc4C3)cc12. The largest absolute Gasteiger partial charge is 0.476 e. The van der Waals surface area contributed by atoms with Crippen LogP contribution in [-0.4, -0.2) is 53.6 Å². The molecule has 4 rings (SSSR count). The maximum atomic E-state index is 12.7. The Morgan fingerprint density at radius 2 is 2.11 bits per heavy atom. The normalized spacial score (nSPS) is 14.0. The van der Waals surface area contributed by atoms with Gasteiger partial charge in [-0.25, -0.2) is 9.59 Å². The lowest BCUT2D eigenvalue weighted by molar-refractivity contribution is 0.0692. The molecular weight excluding hydrogens is 352 g/mol. The third-order valence-electron chi connectivity index (χ3n) is 4.53. The number of hydrogen-bond acceptors (Lipinski definition) is 5. The zero-order valence-electron chi connectivity index (χ0n) is 14.3. The third kappa shape index (κ3) is 3.22. The van der Waals surface area contributed by atoms with E-state index in [1.54, 1.807) is 29.2 Å². The molecule has 0 bridgehead atoms. The van der Waals surface area contributed by atoms with E-state index in [1.165, 1.54) is 0 Å². The molecule has 0 saturated carbocycles. The molecule has 3 heterocycles. The minimum atomic E-state index is -1.13. The number of carbonyl (C=O) groups excluding carboxylic acids is 1. The van der Waals surface area contributed by atoms with Gasteiger partial charge in [0.25, 0.3) is 0 Å². The molecule has 27 heavy (non-hydrogen) atoms. The van der Waals surface area contributed by atoms with Gasteiger partial charge in [-0.3, -0.25) is 9.78 Å². The molecule has 1 aromatic carbocycles. The van der Waals surface area contributed by atoms with Gasteiger partial charge in [0.1, 0.15) is 0 Å². The number of aryl methyl sites for hydroxylation is 1. The number of carboxylic acid groups (broad SMARTS) is 1. The fraction of sp³-hybridized carbons (Fsp3) is 0.294. The average Bonchev–Trinajstić information content (AvgIpc) is 3.19. The first kappa shape index (κ1) is 17.0. The average molecular weight is 370 g/mol. The van der Waals surface area contributed by atoms with Gasteiger partial charge in [0, 0.05) is 24.2 Å². The number of urea groups is 1. The summed E-state index contributed by atoms with van der Waals surface area (Å²) in [6.45, 7) is 1.50. The minimum Gasteiger partial charge on any atom is -0.476 e. The molecule has 0 fully saturated rings. The molecule has 4 N–H and O–H groups in total. The zero-order chi connectivity index (χ0) is 19.0. The molecule has 3 aromatic rings. The van der Waals surface area contributed by atoms with Gasteiger partial charge in [-0.05, 0) is 30.7 Å². The number of amides is 2. The second kappa shape index (κ2) is 6.72. The minimum absolute atomic E-state index is 0.0868. The van der Waals surface area contributed by atoms with E-state index in [0.29, 0.717) is 41.9 Å². The summed E-state index contributed by atoms with van der Waals surface area (Å²) in [4.78, 5) is 25.6. The second-order valence-corrected chi connectivity index (χ2v) is 6.35. The smallest absolute Gasteiger partial charge is 0.357 e. The van der Waals surface area contributed by atoms with Gasteiger partial charge < -0.3 is 20.4 Å². The van der Waals surface area contributed by atoms with Crippen molar-refractivity contribution in [2.75, 3.05) is 11.9 Å². The first-order chi connectivity index (χ1) is 13.0. The van der Waals surface area contributed by atoms with Crippen molar-refractivity contribution in [2.45, 2.75) is 26.1 Å². The summed E-state index contributed by atoms with van der Waals surface area (Å²) in [5.74, 6) is -1.13. The first-order valence-electron chi connectivity index (χ1n) is 8.49. The van der Waals surface area contributed by atoms with Gasteiger partial charge in [0.05, 0.1) is 30.1 Å². The number of hydrogen-bond donors (Lipinski definition) is 4. The number of nitrogens with zero attached hydrogens (tertiary/aromatic N) is 4. The van der Waals surface area contributed by atoms with E-state index in [0.717, 1.165) is 12.1 Å². The van der Waals surface area contributed by atoms with Crippen LogP contribution in [0.1, 0.15) is 28.3 Å². The van der Waals surface area contributed by atoms with Crippen LogP contribution in [-0.2, 0) is 19.7 Å². The molecule has 0 radical (unpaired) electrons. The molecule has 1 aliphatic heterocycles. The molecule has 0 unspecified atom stereocenters. The summed E-state index contributed by atoms with van der Waals surface area (Å²) in [7, 11) is 0. The van der Waals surface area contributed by atoms with E-state index < -0.39 is 5.97 Å². The quantitative estimate of drug-likeness (QED) is 0.550. The summed E-state index contributed by atoms with van der Waals surface area (Å²) >= 11 is 0. The fourth-order valence-corrected chi connectivity index (χ4v) is 3.23. The lowest BCUT2D eigenvalue weighted by Crippen LogP contribution is -2.34. The van der Waals surface area contributed by atoms with Gasteiger partial charge in [-0.1, -0.05) is 0 Å². The molecular formula is C17H18N6O4. The highest BCUT2D eigenvalue weighted by Gasteiger charge is 2.21. The highest BCUT2D eigenvalue weighted by molar-refractivity contribution is 6.03. The van der Waals surface area contributed by atoms with Crippen molar-refractivity contribution in [3.05, 3.63) is 41.3 Å². The van der Waals surface area contributed by atoms with Crippen LogP contribution in [0.4, 0.5) is 10.5 Å². The van der Waals surface area contributed by atoms with E-state index >= 15 is 0 Å². The van der Waals surface area contributed by atoms with Crippen molar-refractivity contribution < 1.29 is 19.8 Å². The van der Waals surface area contributed by atoms with E-state index in [9.17, 15) is 19.8 Å². The van der Waals surface area contributed by atoms with E-state index in [-0.39, 0.29) is 18.3 Å². The van der Waals surface area contributed by atoms with Crippen LogP contribution in [0.25, 0.3) is 10.9 Å². The molecule has 2 amide bonds. The van der Waals surface area contributed by atoms with Crippen molar-refractivity contribution >= 4 is 28.6 Å². The molecule has 10 heteroatoms. The van der Waals surface area contributed by atoms with Crippen LogP contribution in [0.2, 0.25) is 0 Å². The summed E-state index contributed by atoms with van der Waals surface area (Å²) in [6.07, 6.45) is 0.747. The van der Waals surface area contributed by atoms with Crippen LogP contribution < -0.4 is 5.32 Å². The Bertz CT molecular complexity index is 1020. The number of aromatic nitrogens is 4. The number of carbonyl (C=O) groups is 2. The fourth-order valence-electron chi connectivity index (χ4n) is 3.23. The Labute approximate surface area is 153 Å². The van der Waals surface area contributed by atoms with Gasteiger partial charge in [-0.15, -0.1) is 0 Å². The maximum absolute atomic E-state index is 12.7. The van der Waals surface area contributed by atoms with Crippen molar-refractivity contribution in [1.82, 2.24) is 24.9 Å². The van der Waals surface area contributed by atoms with Crippen LogP contribution in [0.3, 0.4) is 0 Å². The Hall–Kier alpha value is -3.40. The van der Waals surface area contributed by atoms with E-state index in [2.05, 4.69) is 20.6 Å². The van der Waals surface area contributed by atoms with Gasteiger partial charge in [0.15, 0.2) is 5.69 Å². The van der Waals surface area contributed by atoms with Crippen LogP contribution in [0.5, 0.6) is 0 Å². The number of nitrogens with one attached hydrogen (secondary N) is 2. The number of benzene rings is 1. The van der Waals surface area contributed by atoms with Crippen molar-refractivity contribution in [3.63, 3.8) is 0 Å². The zero-order valence-corrected chi connectivity index (χ0v) is 14.3. The van der Waals surface area contributed by atoms with Crippen LogP contribution in [0.15, 0.2) is 24.3 Å². The standard InChI is InChI=1S/C17H18N6O4/c24-9-11-6-12-8-22(4-1-5-23(12)21-11)17(27)18-10-2-3-14-13(7-10)15(16(25)26)20-19-14/h2-3,6-7,24H,1,4-5,8-9H2,(H,18,27)(H,19,20)(H,25,26). The topological polar surface area (TPSA) is 136 Å². The Kier molecular flexibility index (Phi) is 4.24. The van der Waals surface area contributed by atoms with Crippen molar-refractivity contribution in [1.29, 1.82) is 0 Å².